The maximum Gasteiger partial charge on any atom is 0.337 e. The SMILES string of the molecule is C=CCOC1(C)CCN(c2c(C(OC(C)(C)C)C(=O)O)c(C)cc3nc(-c4cccc(-c5c(OC(C)CC=C)ccc(F)c5F)c4)cn23)CC1. The van der Waals surface area contributed by atoms with Gasteiger partial charge in [0.25, 0.3) is 0 Å². The first-order chi connectivity index (χ1) is 23.6. The van der Waals surface area contributed by atoms with E-state index >= 15 is 4.39 Å². The van der Waals surface area contributed by atoms with Crippen molar-refractivity contribution in [2.75, 3.05) is 24.6 Å². The lowest BCUT2D eigenvalue weighted by molar-refractivity contribution is -0.160. The van der Waals surface area contributed by atoms with Gasteiger partial charge in [-0.2, -0.15) is 0 Å². The Hall–Kier alpha value is -4.54. The first-order valence-electron chi connectivity index (χ1n) is 16.9. The zero-order chi connectivity index (χ0) is 36.4. The third-order valence-corrected chi connectivity index (χ3v) is 8.93. The molecule has 2 atom stereocenters. The molecule has 1 aliphatic heterocycles. The molecule has 4 aromatic rings. The Balaban J connectivity index is 1.65. The molecule has 2 aromatic heterocycles. The van der Waals surface area contributed by atoms with E-state index in [0.29, 0.717) is 72.8 Å². The molecule has 3 heterocycles. The summed E-state index contributed by atoms with van der Waals surface area (Å²) in [4.78, 5) is 20.0. The van der Waals surface area contributed by atoms with Crippen molar-refractivity contribution < 1.29 is 32.9 Å². The largest absolute Gasteiger partial charge is 0.490 e. The fraction of sp³-hybridized carbons (Fsp3) is 0.400. The van der Waals surface area contributed by atoms with Crippen LogP contribution in [0, 0.1) is 18.6 Å². The maximum absolute atomic E-state index is 15.4. The summed E-state index contributed by atoms with van der Waals surface area (Å²) in [7, 11) is 0. The van der Waals surface area contributed by atoms with Crippen molar-refractivity contribution in [3.05, 3.63) is 96.7 Å². The van der Waals surface area contributed by atoms with Gasteiger partial charge in [0.2, 0.25) is 0 Å². The third-order valence-electron chi connectivity index (χ3n) is 8.93. The molecule has 1 fully saturated rings. The van der Waals surface area contributed by atoms with Crippen LogP contribution in [0.25, 0.3) is 28.0 Å². The van der Waals surface area contributed by atoms with Crippen LogP contribution in [0.5, 0.6) is 5.75 Å². The van der Waals surface area contributed by atoms with Gasteiger partial charge in [-0.05, 0) is 89.8 Å². The number of hydrogen-bond acceptors (Lipinski definition) is 6. The number of carbonyl (C=O) groups is 1. The summed E-state index contributed by atoms with van der Waals surface area (Å²) in [5.41, 5.74) is 2.47. The number of rotatable bonds is 13. The van der Waals surface area contributed by atoms with Gasteiger partial charge in [-0.1, -0.05) is 30.4 Å². The number of piperidine rings is 1. The molecule has 0 radical (unpaired) electrons. The molecule has 1 saturated heterocycles. The number of nitrogens with zero attached hydrogens (tertiary/aromatic N) is 3. The summed E-state index contributed by atoms with van der Waals surface area (Å²) in [6.07, 6.45) is 5.73. The van der Waals surface area contributed by atoms with Crippen molar-refractivity contribution in [1.29, 1.82) is 0 Å². The number of benzene rings is 2. The van der Waals surface area contributed by atoms with E-state index in [1.54, 1.807) is 30.4 Å². The highest BCUT2D eigenvalue weighted by Crippen LogP contribution is 2.41. The van der Waals surface area contributed by atoms with Gasteiger partial charge in [-0.25, -0.2) is 18.6 Å². The van der Waals surface area contributed by atoms with E-state index in [-0.39, 0.29) is 23.0 Å². The number of halogens is 2. The molecule has 266 valence electrons. The van der Waals surface area contributed by atoms with Crippen LogP contribution in [0.2, 0.25) is 0 Å². The second-order valence-electron chi connectivity index (χ2n) is 14.2. The second-order valence-corrected chi connectivity index (χ2v) is 14.2. The van der Waals surface area contributed by atoms with Gasteiger partial charge >= 0.3 is 5.97 Å². The lowest BCUT2D eigenvalue weighted by atomic mass is 9.92. The molecule has 0 bridgehead atoms. The fourth-order valence-electron chi connectivity index (χ4n) is 6.45. The smallest absolute Gasteiger partial charge is 0.337 e. The number of aromatic nitrogens is 2. The molecule has 8 nitrogen and oxygen atoms in total. The number of ether oxygens (including phenoxy) is 3. The summed E-state index contributed by atoms with van der Waals surface area (Å²) >= 11 is 0. The number of fused-ring (bicyclic) bond motifs is 1. The van der Waals surface area contributed by atoms with Crippen LogP contribution in [0.3, 0.4) is 0 Å². The highest BCUT2D eigenvalue weighted by molar-refractivity contribution is 5.80. The predicted octanol–water partition coefficient (Wildman–Crippen LogP) is 9.10. The molecule has 0 amide bonds. The minimum atomic E-state index is -1.24. The van der Waals surface area contributed by atoms with Crippen LogP contribution in [0.4, 0.5) is 14.6 Å². The van der Waals surface area contributed by atoms with Gasteiger partial charge in [-0.3, -0.25) is 4.40 Å². The predicted molar refractivity (Wildman–Crippen MR) is 193 cm³/mol. The van der Waals surface area contributed by atoms with Crippen molar-refractivity contribution in [1.82, 2.24) is 9.38 Å². The van der Waals surface area contributed by atoms with Crippen LogP contribution >= 0.6 is 0 Å². The Labute approximate surface area is 293 Å². The van der Waals surface area contributed by atoms with E-state index in [2.05, 4.69) is 25.0 Å². The van der Waals surface area contributed by atoms with Crippen molar-refractivity contribution >= 4 is 17.4 Å². The monoisotopic (exact) mass is 687 g/mol. The summed E-state index contributed by atoms with van der Waals surface area (Å²) in [6, 6.07) is 11.4. The van der Waals surface area contributed by atoms with E-state index in [0.717, 1.165) is 11.6 Å². The minimum absolute atomic E-state index is 0.0176. The normalized spacial score (nSPS) is 15.9. The molecule has 0 spiro atoms. The molecule has 1 N–H and O–H groups in total. The summed E-state index contributed by atoms with van der Waals surface area (Å²) in [6.45, 7) is 20.5. The summed E-state index contributed by atoms with van der Waals surface area (Å²) < 4.78 is 50.3. The number of pyridine rings is 1. The molecular formula is C40H47F2N3O5. The van der Waals surface area contributed by atoms with E-state index in [1.807, 2.05) is 57.3 Å². The zero-order valence-electron chi connectivity index (χ0n) is 29.8. The van der Waals surface area contributed by atoms with E-state index in [1.165, 1.54) is 6.07 Å². The molecule has 10 heteroatoms. The lowest BCUT2D eigenvalue weighted by Gasteiger charge is -2.41. The van der Waals surface area contributed by atoms with Crippen LogP contribution in [0.15, 0.2) is 74.0 Å². The molecular weight excluding hydrogens is 640 g/mol. The zero-order valence-corrected chi connectivity index (χ0v) is 29.8. The number of anilines is 1. The van der Waals surface area contributed by atoms with Crippen molar-refractivity contribution in [3.8, 4) is 28.1 Å². The Kier molecular flexibility index (Phi) is 10.8. The number of imidazole rings is 1. The van der Waals surface area contributed by atoms with Crippen LogP contribution < -0.4 is 9.64 Å². The van der Waals surface area contributed by atoms with Crippen LogP contribution in [-0.2, 0) is 14.3 Å². The van der Waals surface area contributed by atoms with Gasteiger partial charge in [0.1, 0.15) is 17.2 Å². The highest BCUT2D eigenvalue weighted by atomic mass is 19.2. The lowest BCUT2D eigenvalue weighted by Crippen LogP contribution is -2.45. The first kappa shape index (κ1) is 36.7. The van der Waals surface area contributed by atoms with Crippen molar-refractivity contribution in [3.63, 3.8) is 0 Å². The average molecular weight is 688 g/mol. The van der Waals surface area contributed by atoms with Crippen LogP contribution in [-0.4, -0.2) is 57.5 Å². The molecule has 5 rings (SSSR count). The first-order valence-corrected chi connectivity index (χ1v) is 16.9. The minimum Gasteiger partial charge on any atom is -0.490 e. The van der Waals surface area contributed by atoms with E-state index in [4.69, 9.17) is 19.2 Å². The van der Waals surface area contributed by atoms with Crippen molar-refractivity contribution in [2.24, 2.45) is 0 Å². The van der Waals surface area contributed by atoms with E-state index in [9.17, 15) is 14.3 Å². The molecule has 0 saturated carbocycles. The number of hydrogen-bond donors (Lipinski definition) is 1. The van der Waals surface area contributed by atoms with Crippen LogP contribution in [0.1, 0.15) is 71.1 Å². The maximum atomic E-state index is 15.4. The molecule has 2 aromatic carbocycles. The Morgan fingerprint density at radius 1 is 1.10 bits per heavy atom. The van der Waals surface area contributed by atoms with Gasteiger partial charge in [0, 0.05) is 36.8 Å². The Morgan fingerprint density at radius 3 is 2.44 bits per heavy atom. The summed E-state index contributed by atoms with van der Waals surface area (Å²) in [5, 5.41) is 10.5. The van der Waals surface area contributed by atoms with Gasteiger partial charge < -0.3 is 24.2 Å². The summed E-state index contributed by atoms with van der Waals surface area (Å²) in [5.74, 6) is -2.17. The molecule has 0 aliphatic carbocycles. The molecule has 1 aliphatic rings. The van der Waals surface area contributed by atoms with Gasteiger partial charge in [0.15, 0.2) is 17.7 Å². The molecule has 50 heavy (non-hydrogen) atoms. The van der Waals surface area contributed by atoms with Crippen molar-refractivity contribution in [2.45, 2.75) is 84.2 Å². The number of carboxylic acids is 1. The second kappa shape index (κ2) is 14.7. The quantitative estimate of drug-likeness (QED) is 0.140. The standard InChI is InChI=1S/C40H47F2N3O5/c1-9-12-26(4)49-31-16-15-29(41)35(42)34(31)28-14-11-13-27(23-28)30-24-45-32(43-30)22-25(3)33(36(38(46)47)50-39(5,6)7)37(45)44-19-17-40(8,18-20-44)48-21-10-2/h9-11,13-16,22-24,26,36H,1-2,12,17-21H2,3-8H3,(H,46,47). The topological polar surface area (TPSA) is 85.5 Å². The number of aliphatic carboxylic acids is 1. The van der Waals surface area contributed by atoms with E-state index < -0.39 is 29.3 Å². The highest BCUT2D eigenvalue weighted by Gasteiger charge is 2.37. The van der Waals surface area contributed by atoms with Gasteiger partial charge in [0.05, 0.1) is 35.2 Å². The average Bonchev–Trinajstić information content (AvgIpc) is 3.48. The third kappa shape index (κ3) is 7.92. The number of carboxylic acid groups (broad SMARTS) is 1. The number of aryl methyl sites for hydroxylation is 1. The Morgan fingerprint density at radius 2 is 1.80 bits per heavy atom. The molecule has 2 unspecified atom stereocenters. The van der Waals surface area contributed by atoms with Gasteiger partial charge in [-0.15, -0.1) is 13.2 Å². The Bertz CT molecular complexity index is 1890. The fourth-order valence-corrected chi connectivity index (χ4v) is 6.45.